The fourth-order valence-corrected chi connectivity index (χ4v) is 4.05. The molecule has 0 fully saturated rings. The summed E-state index contributed by atoms with van der Waals surface area (Å²) in [5.41, 5.74) is 2.45. The zero-order valence-electron chi connectivity index (χ0n) is 21.0. The Hall–Kier alpha value is -3.50. The van der Waals surface area contributed by atoms with E-state index in [1.807, 2.05) is 17.0 Å². The summed E-state index contributed by atoms with van der Waals surface area (Å²) in [5, 5.41) is 24.5. The van der Waals surface area contributed by atoms with E-state index in [1.165, 1.54) is 18.0 Å². The molecule has 10 nitrogen and oxygen atoms in total. The summed E-state index contributed by atoms with van der Waals surface area (Å²) < 4.78 is 42.1. The maximum absolute atomic E-state index is 12.4. The Labute approximate surface area is 219 Å². The number of aryl methyl sites for hydroxylation is 2. The highest BCUT2D eigenvalue weighted by atomic mass is 19.4. The Morgan fingerprint density at radius 3 is 2.74 bits per heavy atom. The summed E-state index contributed by atoms with van der Waals surface area (Å²) in [6.07, 6.45) is 2.79. The Bertz CT molecular complexity index is 1080. The maximum atomic E-state index is 12.4. The molecule has 0 saturated heterocycles. The summed E-state index contributed by atoms with van der Waals surface area (Å²) in [6.45, 7) is 0.583. The zero-order chi connectivity index (χ0) is 27.4. The summed E-state index contributed by atoms with van der Waals surface area (Å²) in [4.78, 5) is 26.2. The highest BCUT2D eigenvalue weighted by molar-refractivity contribution is 5.76. The molecule has 0 spiro atoms. The smallest absolute Gasteiger partial charge is 0.411 e. The van der Waals surface area contributed by atoms with Crippen LogP contribution in [0.1, 0.15) is 42.5 Å². The number of ether oxygens (including phenoxy) is 1. The Morgan fingerprint density at radius 2 is 2.03 bits per heavy atom. The maximum Gasteiger partial charge on any atom is 0.411 e. The number of hydrogen-bond donors (Lipinski definition) is 3. The lowest BCUT2D eigenvalue weighted by atomic mass is 10.1. The quantitative estimate of drug-likeness (QED) is 0.292. The molecule has 3 heterocycles. The van der Waals surface area contributed by atoms with E-state index in [9.17, 15) is 23.1 Å². The molecule has 0 bridgehead atoms. The predicted molar refractivity (Wildman–Crippen MR) is 134 cm³/mol. The third kappa shape index (κ3) is 10.1. The minimum absolute atomic E-state index is 0.0727. The minimum atomic E-state index is -4.40. The van der Waals surface area contributed by atoms with E-state index < -0.39 is 24.8 Å². The first-order valence-corrected chi connectivity index (χ1v) is 12.5. The van der Waals surface area contributed by atoms with E-state index >= 15 is 0 Å². The van der Waals surface area contributed by atoms with Crippen LogP contribution in [0.3, 0.4) is 0 Å². The molecular formula is C25H32F3N7O3. The van der Waals surface area contributed by atoms with Crippen molar-refractivity contribution in [3.8, 4) is 6.07 Å². The lowest BCUT2D eigenvalue weighted by Gasteiger charge is -2.24. The van der Waals surface area contributed by atoms with Crippen LogP contribution in [-0.4, -0.2) is 82.5 Å². The van der Waals surface area contributed by atoms with Gasteiger partial charge in [0.1, 0.15) is 24.5 Å². The van der Waals surface area contributed by atoms with Gasteiger partial charge in [-0.3, -0.25) is 0 Å². The van der Waals surface area contributed by atoms with Gasteiger partial charge in [-0.2, -0.15) is 18.4 Å². The van der Waals surface area contributed by atoms with Crippen LogP contribution in [0.25, 0.3) is 0 Å². The lowest BCUT2D eigenvalue weighted by molar-refractivity contribution is -0.174. The molecule has 2 aromatic heterocycles. The predicted octanol–water partition coefficient (Wildman–Crippen LogP) is 3.26. The molecule has 1 atom stereocenters. The summed E-state index contributed by atoms with van der Waals surface area (Å²) in [6, 6.07) is 5.00. The number of hydrogen-bond acceptors (Lipinski definition) is 9. The highest BCUT2D eigenvalue weighted by Gasteiger charge is 2.27. The van der Waals surface area contributed by atoms with Crippen LogP contribution in [0.15, 0.2) is 24.5 Å². The molecule has 38 heavy (non-hydrogen) atoms. The SMILES string of the molecule is N#Cc1cnc(N[C@@H](CCN(CCCCc2ccc3c(n2)NCCC3)CCOCC(F)(F)F)C(=O)O)nc1. The van der Waals surface area contributed by atoms with Crippen LogP contribution in [0.5, 0.6) is 0 Å². The topological polar surface area (TPSA) is 136 Å². The molecule has 0 amide bonds. The molecule has 2 aromatic rings. The average Bonchev–Trinajstić information content (AvgIpc) is 2.90. The van der Waals surface area contributed by atoms with Crippen molar-refractivity contribution in [2.45, 2.75) is 50.7 Å². The Balaban J connectivity index is 1.51. The standard InChI is InChI=1S/C25H32F3N7O3/c26-25(27,28)17-38-13-12-35(10-2-1-5-20-7-6-19-4-3-9-30-22(19)33-20)11-8-21(23(36)37)34-24-31-15-18(14-29)16-32-24/h6-7,15-16,21H,1-5,8-13,17H2,(H,30,33)(H,36,37)(H,31,32,34)/t21-/m0/s1. The van der Waals surface area contributed by atoms with Gasteiger partial charge in [0.2, 0.25) is 5.95 Å². The lowest BCUT2D eigenvalue weighted by Crippen LogP contribution is -2.37. The number of unbranched alkanes of at least 4 members (excludes halogenated alkanes) is 1. The minimum Gasteiger partial charge on any atom is -0.480 e. The number of carbonyl (C=O) groups is 1. The summed E-state index contributed by atoms with van der Waals surface area (Å²) >= 11 is 0. The van der Waals surface area contributed by atoms with Crippen molar-refractivity contribution in [2.75, 3.05) is 50.0 Å². The number of anilines is 2. The van der Waals surface area contributed by atoms with Gasteiger partial charge in [-0.15, -0.1) is 0 Å². The third-order valence-electron chi connectivity index (χ3n) is 6.04. The van der Waals surface area contributed by atoms with E-state index in [2.05, 4.69) is 31.7 Å². The van der Waals surface area contributed by atoms with Crippen molar-refractivity contribution in [2.24, 2.45) is 0 Å². The van der Waals surface area contributed by atoms with Crippen LogP contribution in [0, 0.1) is 11.3 Å². The van der Waals surface area contributed by atoms with Gasteiger partial charge in [0.05, 0.1) is 24.6 Å². The number of pyridine rings is 1. The molecule has 0 radical (unpaired) electrons. The van der Waals surface area contributed by atoms with Crippen LogP contribution >= 0.6 is 0 Å². The zero-order valence-corrected chi connectivity index (χ0v) is 21.0. The third-order valence-corrected chi connectivity index (χ3v) is 6.04. The highest BCUT2D eigenvalue weighted by Crippen LogP contribution is 2.20. The van der Waals surface area contributed by atoms with E-state index in [1.54, 1.807) is 0 Å². The molecular weight excluding hydrogens is 503 g/mol. The van der Waals surface area contributed by atoms with Gasteiger partial charge in [0.15, 0.2) is 0 Å². The summed E-state index contributed by atoms with van der Waals surface area (Å²) in [7, 11) is 0. The van der Waals surface area contributed by atoms with Crippen molar-refractivity contribution in [3.63, 3.8) is 0 Å². The van der Waals surface area contributed by atoms with Crippen molar-refractivity contribution >= 4 is 17.7 Å². The monoisotopic (exact) mass is 535 g/mol. The molecule has 13 heteroatoms. The Morgan fingerprint density at radius 1 is 1.24 bits per heavy atom. The number of nitrogens with one attached hydrogen (secondary N) is 2. The molecule has 3 N–H and O–H groups in total. The van der Waals surface area contributed by atoms with Crippen molar-refractivity contribution in [1.82, 2.24) is 19.9 Å². The molecule has 0 unspecified atom stereocenters. The van der Waals surface area contributed by atoms with Gasteiger partial charge in [-0.25, -0.2) is 19.7 Å². The first-order chi connectivity index (χ1) is 18.2. The largest absolute Gasteiger partial charge is 0.480 e. The van der Waals surface area contributed by atoms with Crippen molar-refractivity contribution in [1.29, 1.82) is 5.26 Å². The Kier molecular flexibility index (Phi) is 11.0. The van der Waals surface area contributed by atoms with Crippen LogP contribution < -0.4 is 10.6 Å². The number of aromatic nitrogens is 3. The molecule has 1 aliphatic heterocycles. The fourth-order valence-electron chi connectivity index (χ4n) is 4.05. The van der Waals surface area contributed by atoms with E-state index in [0.717, 1.165) is 50.2 Å². The second kappa shape index (κ2) is 14.4. The van der Waals surface area contributed by atoms with Gasteiger partial charge in [0, 0.05) is 25.3 Å². The van der Waals surface area contributed by atoms with Crippen LogP contribution in [-0.2, 0) is 22.4 Å². The van der Waals surface area contributed by atoms with E-state index in [4.69, 9.17) is 10.00 Å². The van der Waals surface area contributed by atoms with E-state index in [-0.39, 0.29) is 31.1 Å². The molecule has 1 aliphatic rings. The normalized spacial score (nSPS) is 13.9. The number of nitrogens with zero attached hydrogens (tertiary/aromatic N) is 5. The van der Waals surface area contributed by atoms with Crippen LogP contribution in [0.2, 0.25) is 0 Å². The number of halogens is 3. The van der Waals surface area contributed by atoms with Gasteiger partial charge in [-0.1, -0.05) is 6.07 Å². The fraction of sp³-hybridized carbons (Fsp3) is 0.560. The second-order valence-electron chi connectivity index (χ2n) is 9.04. The van der Waals surface area contributed by atoms with Crippen molar-refractivity contribution in [3.05, 3.63) is 41.3 Å². The van der Waals surface area contributed by atoms with Crippen molar-refractivity contribution < 1.29 is 27.8 Å². The number of nitriles is 1. The molecule has 206 valence electrons. The molecule has 0 saturated carbocycles. The van der Waals surface area contributed by atoms with Gasteiger partial charge < -0.3 is 25.4 Å². The van der Waals surface area contributed by atoms with E-state index in [0.29, 0.717) is 13.1 Å². The van der Waals surface area contributed by atoms with Crippen LogP contribution in [0.4, 0.5) is 24.9 Å². The average molecular weight is 536 g/mol. The van der Waals surface area contributed by atoms with Gasteiger partial charge in [-0.05, 0) is 56.7 Å². The number of fused-ring (bicyclic) bond motifs is 1. The second-order valence-corrected chi connectivity index (χ2v) is 9.04. The molecule has 0 aliphatic carbocycles. The number of carboxylic acids is 1. The van der Waals surface area contributed by atoms with Gasteiger partial charge >= 0.3 is 12.1 Å². The summed E-state index contributed by atoms with van der Waals surface area (Å²) in [5.74, 6) is -0.0996. The molecule has 0 aromatic carbocycles. The first kappa shape index (κ1) is 29.1. The number of aliphatic carboxylic acids is 1. The number of alkyl halides is 3. The molecule has 3 rings (SSSR count). The number of rotatable bonds is 15. The van der Waals surface area contributed by atoms with Gasteiger partial charge in [0.25, 0.3) is 0 Å². The number of carboxylic acid groups (broad SMARTS) is 1. The first-order valence-electron chi connectivity index (χ1n) is 12.5.